The van der Waals surface area contributed by atoms with Gasteiger partial charge in [-0.3, -0.25) is 14.9 Å². The molecule has 1 amide bonds. The number of amides is 1. The SMILES string of the molecule is CCCCC(=O)Nc1cncc(-c2cc3c(-c4nc5nccc(-c6ccc(C)s6)c5[nH]4)n[nH]c3cc2F)c1. The van der Waals surface area contributed by atoms with Crippen molar-refractivity contribution in [1.29, 1.82) is 0 Å². The zero-order chi connectivity index (χ0) is 26.2. The molecule has 0 radical (unpaired) electrons. The molecule has 1 aromatic carbocycles. The lowest BCUT2D eigenvalue weighted by atomic mass is 10.0. The third kappa shape index (κ3) is 4.43. The summed E-state index contributed by atoms with van der Waals surface area (Å²) in [5, 5.41) is 10.9. The van der Waals surface area contributed by atoms with Gasteiger partial charge < -0.3 is 10.3 Å². The van der Waals surface area contributed by atoms with Crippen molar-refractivity contribution in [3.8, 4) is 33.1 Å². The molecule has 0 fully saturated rings. The third-order valence-electron chi connectivity index (χ3n) is 6.36. The van der Waals surface area contributed by atoms with Gasteiger partial charge >= 0.3 is 0 Å². The third-order valence-corrected chi connectivity index (χ3v) is 7.40. The largest absolute Gasteiger partial charge is 0.335 e. The number of hydrogen-bond donors (Lipinski definition) is 3. The van der Waals surface area contributed by atoms with E-state index in [1.165, 1.54) is 10.9 Å². The summed E-state index contributed by atoms with van der Waals surface area (Å²) in [7, 11) is 0. The highest BCUT2D eigenvalue weighted by molar-refractivity contribution is 7.15. The summed E-state index contributed by atoms with van der Waals surface area (Å²) in [5.41, 5.74) is 4.94. The van der Waals surface area contributed by atoms with Gasteiger partial charge in [-0.1, -0.05) is 13.3 Å². The Bertz CT molecular complexity index is 1800. The van der Waals surface area contributed by atoms with E-state index in [1.54, 1.807) is 42.1 Å². The number of thiophene rings is 1. The first-order valence-electron chi connectivity index (χ1n) is 12.3. The monoisotopic (exact) mass is 525 g/mol. The number of aromatic amines is 2. The number of imidazole rings is 1. The highest BCUT2D eigenvalue weighted by Crippen LogP contribution is 2.35. The van der Waals surface area contributed by atoms with Gasteiger partial charge in [0.15, 0.2) is 11.5 Å². The van der Waals surface area contributed by atoms with Crippen LogP contribution in [0.25, 0.3) is 55.2 Å². The average molecular weight is 526 g/mol. The van der Waals surface area contributed by atoms with E-state index in [0.29, 0.717) is 51.3 Å². The van der Waals surface area contributed by atoms with E-state index in [4.69, 9.17) is 4.98 Å². The van der Waals surface area contributed by atoms with E-state index in [0.717, 1.165) is 28.8 Å². The molecule has 6 rings (SSSR count). The van der Waals surface area contributed by atoms with Crippen LogP contribution < -0.4 is 5.32 Å². The number of benzene rings is 1. The Labute approximate surface area is 221 Å². The first-order valence-corrected chi connectivity index (χ1v) is 13.2. The van der Waals surface area contributed by atoms with Crippen LogP contribution in [-0.4, -0.2) is 36.0 Å². The van der Waals surface area contributed by atoms with Crippen molar-refractivity contribution in [1.82, 2.24) is 30.1 Å². The van der Waals surface area contributed by atoms with Gasteiger partial charge in [0.1, 0.15) is 11.5 Å². The number of aryl methyl sites for hydroxylation is 1. The predicted molar refractivity (Wildman–Crippen MR) is 148 cm³/mol. The number of carbonyl (C=O) groups is 1. The van der Waals surface area contributed by atoms with E-state index in [2.05, 4.69) is 49.5 Å². The molecule has 190 valence electrons. The molecule has 0 aliphatic heterocycles. The maximum absolute atomic E-state index is 15.2. The molecular weight excluding hydrogens is 501 g/mol. The number of fused-ring (bicyclic) bond motifs is 2. The van der Waals surface area contributed by atoms with Crippen molar-refractivity contribution in [3.05, 3.63) is 65.7 Å². The second-order valence-corrected chi connectivity index (χ2v) is 10.4. The molecular formula is C28H24FN7OS. The maximum atomic E-state index is 15.2. The molecule has 0 saturated heterocycles. The number of hydrogen-bond acceptors (Lipinski definition) is 6. The Morgan fingerprint density at radius 3 is 2.84 bits per heavy atom. The summed E-state index contributed by atoms with van der Waals surface area (Å²) < 4.78 is 15.2. The molecule has 0 aliphatic rings. The fraction of sp³-hybridized carbons (Fsp3) is 0.179. The minimum absolute atomic E-state index is 0.0885. The molecule has 0 bridgehead atoms. The second-order valence-electron chi connectivity index (χ2n) is 9.12. The standard InChI is InChI=1S/C28H24FN7OS/c1-3-4-5-24(37)32-17-10-16(13-30-14-17)19-11-20-22(12-21(19)29)35-36-26(20)28-33-25-18(8-9-31-27(25)34-28)23-7-6-15(2)38-23/h6-14H,3-5H2,1-2H3,(H,32,37)(H,35,36)(H,31,33,34). The first kappa shape index (κ1) is 23.9. The number of H-pyrrole nitrogens is 2. The quantitative estimate of drug-likeness (QED) is 0.211. The van der Waals surface area contributed by atoms with Crippen LogP contribution in [0.2, 0.25) is 0 Å². The van der Waals surface area contributed by atoms with Crippen molar-refractivity contribution in [3.63, 3.8) is 0 Å². The van der Waals surface area contributed by atoms with Crippen LogP contribution in [0.15, 0.2) is 55.0 Å². The van der Waals surface area contributed by atoms with E-state index < -0.39 is 5.82 Å². The van der Waals surface area contributed by atoms with E-state index in [-0.39, 0.29) is 5.91 Å². The van der Waals surface area contributed by atoms with Gasteiger partial charge in [-0.15, -0.1) is 11.3 Å². The Morgan fingerprint density at radius 2 is 2.03 bits per heavy atom. The van der Waals surface area contributed by atoms with Crippen molar-refractivity contribution in [2.45, 2.75) is 33.1 Å². The number of nitrogens with zero attached hydrogens (tertiary/aromatic N) is 4. The molecule has 5 aromatic heterocycles. The number of nitrogens with one attached hydrogen (secondary N) is 3. The summed E-state index contributed by atoms with van der Waals surface area (Å²) in [4.78, 5) is 31.3. The lowest BCUT2D eigenvalue weighted by Gasteiger charge is -2.08. The zero-order valence-electron chi connectivity index (χ0n) is 20.8. The Balaban J connectivity index is 1.40. The minimum atomic E-state index is -0.425. The van der Waals surface area contributed by atoms with Crippen LogP contribution >= 0.6 is 11.3 Å². The van der Waals surface area contributed by atoms with Gasteiger partial charge in [-0.25, -0.2) is 14.4 Å². The number of carbonyl (C=O) groups excluding carboxylic acids is 1. The van der Waals surface area contributed by atoms with Crippen molar-refractivity contribution >= 4 is 45.0 Å². The number of pyridine rings is 2. The van der Waals surface area contributed by atoms with Gasteiger partial charge in [-0.2, -0.15) is 5.10 Å². The number of anilines is 1. The summed E-state index contributed by atoms with van der Waals surface area (Å²) in [6.07, 6.45) is 7.04. The van der Waals surface area contributed by atoms with E-state index >= 15 is 4.39 Å². The van der Waals surface area contributed by atoms with Gasteiger partial charge in [0.05, 0.1) is 22.9 Å². The summed E-state index contributed by atoms with van der Waals surface area (Å²) in [5.74, 6) is 0.0205. The van der Waals surface area contributed by atoms with Crippen molar-refractivity contribution < 1.29 is 9.18 Å². The molecule has 0 atom stereocenters. The fourth-order valence-electron chi connectivity index (χ4n) is 4.46. The van der Waals surface area contributed by atoms with Gasteiger partial charge in [-0.05, 0) is 43.7 Å². The molecule has 10 heteroatoms. The lowest BCUT2D eigenvalue weighted by molar-refractivity contribution is -0.116. The molecule has 38 heavy (non-hydrogen) atoms. The Kier molecular flexibility index (Phi) is 6.16. The minimum Gasteiger partial charge on any atom is -0.335 e. The summed E-state index contributed by atoms with van der Waals surface area (Å²) >= 11 is 1.70. The molecule has 3 N–H and O–H groups in total. The molecule has 0 aliphatic carbocycles. The molecule has 6 aromatic rings. The number of aromatic nitrogens is 6. The average Bonchev–Trinajstić information content (AvgIpc) is 3.64. The van der Waals surface area contributed by atoms with Gasteiger partial charge in [0.25, 0.3) is 0 Å². The van der Waals surface area contributed by atoms with Crippen LogP contribution in [-0.2, 0) is 4.79 Å². The zero-order valence-corrected chi connectivity index (χ0v) is 21.6. The van der Waals surface area contributed by atoms with Crippen LogP contribution in [0.1, 0.15) is 31.1 Å². The summed E-state index contributed by atoms with van der Waals surface area (Å²) in [6.45, 7) is 4.10. The van der Waals surface area contributed by atoms with Gasteiger partial charge in [0.2, 0.25) is 5.91 Å². The highest BCUT2D eigenvalue weighted by Gasteiger charge is 2.19. The van der Waals surface area contributed by atoms with E-state index in [9.17, 15) is 4.79 Å². The normalized spacial score (nSPS) is 11.4. The molecule has 5 heterocycles. The lowest BCUT2D eigenvalue weighted by Crippen LogP contribution is -2.11. The second kappa shape index (κ2) is 9.79. The van der Waals surface area contributed by atoms with Crippen LogP contribution in [0.3, 0.4) is 0 Å². The predicted octanol–water partition coefficient (Wildman–Crippen LogP) is 6.87. The smallest absolute Gasteiger partial charge is 0.224 e. The van der Waals surface area contributed by atoms with E-state index in [1.807, 2.05) is 13.0 Å². The van der Waals surface area contributed by atoms with Gasteiger partial charge in [0, 0.05) is 56.7 Å². The van der Waals surface area contributed by atoms with Crippen LogP contribution in [0.5, 0.6) is 0 Å². The number of halogens is 1. The molecule has 0 spiro atoms. The maximum Gasteiger partial charge on any atom is 0.224 e. The number of unbranched alkanes of at least 4 members (excludes halogenated alkanes) is 1. The Hall–Kier alpha value is -4.44. The topological polar surface area (TPSA) is 112 Å². The highest BCUT2D eigenvalue weighted by atomic mass is 32.1. The molecule has 0 unspecified atom stereocenters. The molecule has 0 saturated carbocycles. The van der Waals surface area contributed by atoms with Crippen LogP contribution in [0.4, 0.5) is 10.1 Å². The van der Waals surface area contributed by atoms with Crippen molar-refractivity contribution in [2.75, 3.05) is 5.32 Å². The van der Waals surface area contributed by atoms with Crippen molar-refractivity contribution in [2.24, 2.45) is 0 Å². The first-order chi connectivity index (χ1) is 18.5. The summed E-state index contributed by atoms with van der Waals surface area (Å²) in [6, 6.07) is 11.0. The number of rotatable bonds is 7. The molecule has 8 nitrogen and oxygen atoms in total. The van der Waals surface area contributed by atoms with Crippen LogP contribution in [0, 0.1) is 12.7 Å². The Morgan fingerprint density at radius 1 is 1.13 bits per heavy atom. The fourth-order valence-corrected chi connectivity index (χ4v) is 5.36.